The van der Waals surface area contributed by atoms with Gasteiger partial charge < -0.3 is 15.5 Å². The first kappa shape index (κ1) is 17.3. The molecule has 132 valence electrons. The molecule has 25 heavy (non-hydrogen) atoms. The summed E-state index contributed by atoms with van der Waals surface area (Å²) in [6.07, 6.45) is 6.07. The molecule has 0 spiro atoms. The van der Waals surface area contributed by atoms with E-state index in [1.807, 2.05) is 0 Å². The molecule has 0 bridgehead atoms. The summed E-state index contributed by atoms with van der Waals surface area (Å²) in [4.78, 5) is 26.7. The molecule has 6 nitrogen and oxygen atoms in total. The maximum atomic E-state index is 12.5. The number of likely N-dealkylation sites (tertiary alicyclic amines) is 1. The average Bonchev–Trinajstić information content (AvgIpc) is 3.15. The molecule has 3 amide bonds. The molecule has 1 saturated carbocycles. The smallest absolute Gasteiger partial charge is 0.317 e. The number of carbonyl (C=O) groups is 2. The minimum Gasteiger partial charge on any atom is -0.335 e. The van der Waals surface area contributed by atoms with E-state index in [9.17, 15) is 9.59 Å². The van der Waals surface area contributed by atoms with Crippen LogP contribution in [0.3, 0.4) is 0 Å². The lowest BCUT2D eigenvalue weighted by Gasteiger charge is -2.33. The summed E-state index contributed by atoms with van der Waals surface area (Å²) in [7, 11) is 0. The first-order chi connectivity index (χ1) is 12.2. The Labute approximate surface area is 148 Å². The van der Waals surface area contributed by atoms with Gasteiger partial charge >= 0.3 is 6.03 Å². The number of urea groups is 1. The van der Waals surface area contributed by atoms with E-state index in [0.29, 0.717) is 24.3 Å². The fourth-order valence-electron chi connectivity index (χ4n) is 3.62. The van der Waals surface area contributed by atoms with E-state index in [-0.39, 0.29) is 23.9 Å². The van der Waals surface area contributed by atoms with Gasteiger partial charge in [-0.05, 0) is 43.9 Å². The number of rotatable bonds is 3. The van der Waals surface area contributed by atoms with Crippen LogP contribution in [0.5, 0.6) is 0 Å². The maximum Gasteiger partial charge on any atom is 0.317 e. The molecule has 6 heteroatoms. The largest absolute Gasteiger partial charge is 0.335 e. The van der Waals surface area contributed by atoms with Crippen molar-refractivity contribution in [1.82, 2.24) is 10.2 Å². The molecule has 0 aromatic heterocycles. The molecule has 0 radical (unpaired) electrons. The highest BCUT2D eigenvalue weighted by Crippen LogP contribution is 2.21. The number of amides is 3. The third kappa shape index (κ3) is 4.50. The Morgan fingerprint density at radius 3 is 2.72 bits per heavy atom. The van der Waals surface area contributed by atoms with Gasteiger partial charge in [0.2, 0.25) is 5.91 Å². The topological polar surface area (TPSA) is 85.2 Å². The molecule has 2 fully saturated rings. The Hall–Kier alpha value is -2.55. The van der Waals surface area contributed by atoms with Gasteiger partial charge in [0.15, 0.2) is 0 Å². The first-order valence-corrected chi connectivity index (χ1v) is 9.02. The SMILES string of the molecule is N#Cc1cccc(NC(=O)[C@H]2CCCN(C(=O)NC3CCCC3)C2)c1. The van der Waals surface area contributed by atoms with Crippen molar-refractivity contribution in [3.63, 3.8) is 0 Å². The number of hydrogen-bond donors (Lipinski definition) is 2. The number of nitriles is 1. The van der Waals surface area contributed by atoms with Crippen molar-refractivity contribution in [2.24, 2.45) is 5.92 Å². The lowest BCUT2D eigenvalue weighted by Crippen LogP contribution is -2.49. The Morgan fingerprint density at radius 1 is 1.16 bits per heavy atom. The summed E-state index contributed by atoms with van der Waals surface area (Å²) in [6.45, 7) is 1.15. The minimum absolute atomic E-state index is 0.0455. The van der Waals surface area contributed by atoms with Gasteiger partial charge in [-0.25, -0.2) is 4.79 Å². The van der Waals surface area contributed by atoms with E-state index >= 15 is 0 Å². The monoisotopic (exact) mass is 340 g/mol. The lowest BCUT2D eigenvalue weighted by atomic mass is 9.97. The van der Waals surface area contributed by atoms with Crippen molar-refractivity contribution in [3.05, 3.63) is 29.8 Å². The van der Waals surface area contributed by atoms with Crippen LogP contribution < -0.4 is 10.6 Å². The maximum absolute atomic E-state index is 12.5. The van der Waals surface area contributed by atoms with Crippen molar-refractivity contribution < 1.29 is 9.59 Å². The number of piperidine rings is 1. The van der Waals surface area contributed by atoms with Gasteiger partial charge in [0.1, 0.15) is 0 Å². The third-order valence-electron chi connectivity index (χ3n) is 5.02. The normalized spacial score (nSPS) is 20.8. The second kappa shape index (κ2) is 8.02. The fourth-order valence-corrected chi connectivity index (χ4v) is 3.62. The van der Waals surface area contributed by atoms with Crippen LogP contribution >= 0.6 is 0 Å². The van der Waals surface area contributed by atoms with Crippen LogP contribution in [0.1, 0.15) is 44.1 Å². The van der Waals surface area contributed by atoms with Crippen LogP contribution in [0.2, 0.25) is 0 Å². The van der Waals surface area contributed by atoms with Crippen molar-refractivity contribution in [1.29, 1.82) is 5.26 Å². The highest BCUT2D eigenvalue weighted by atomic mass is 16.2. The average molecular weight is 340 g/mol. The van der Waals surface area contributed by atoms with E-state index in [1.54, 1.807) is 29.2 Å². The van der Waals surface area contributed by atoms with Crippen LogP contribution in [0.25, 0.3) is 0 Å². The second-order valence-corrected chi connectivity index (χ2v) is 6.90. The zero-order valence-corrected chi connectivity index (χ0v) is 14.3. The summed E-state index contributed by atoms with van der Waals surface area (Å²) >= 11 is 0. The van der Waals surface area contributed by atoms with Crippen molar-refractivity contribution in [2.45, 2.75) is 44.6 Å². The lowest BCUT2D eigenvalue weighted by molar-refractivity contribution is -0.121. The molecule has 1 atom stereocenters. The molecule has 1 heterocycles. The van der Waals surface area contributed by atoms with Crippen molar-refractivity contribution in [3.8, 4) is 6.07 Å². The number of benzene rings is 1. The van der Waals surface area contributed by atoms with Gasteiger partial charge in [0.05, 0.1) is 17.6 Å². The quantitative estimate of drug-likeness (QED) is 0.887. The van der Waals surface area contributed by atoms with Gasteiger partial charge in [-0.1, -0.05) is 18.9 Å². The zero-order chi connectivity index (χ0) is 17.6. The molecule has 0 unspecified atom stereocenters. The van der Waals surface area contributed by atoms with Gasteiger partial charge in [0, 0.05) is 24.8 Å². The first-order valence-electron chi connectivity index (χ1n) is 9.02. The number of hydrogen-bond acceptors (Lipinski definition) is 3. The number of anilines is 1. The molecule has 1 aliphatic heterocycles. The van der Waals surface area contributed by atoms with Gasteiger partial charge in [-0.3, -0.25) is 4.79 Å². The molecular weight excluding hydrogens is 316 g/mol. The summed E-state index contributed by atoms with van der Waals surface area (Å²) in [5.41, 5.74) is 1.13. The van der Waals surface area contributed by atoms with Crippen LogP contribution in [-0.4, -0.2) is 36.0 Å². The molecule has 1 saturated heterocycles. The van der Waals surface area contributed by atoms with Gasteiger partial charge in [-0.2, -0.15) is 5.26 Å². The van der Waals surface area contributed by atoms with E-state index in [1.165, 1.54) is 12.8 Å². The van der Waals surface area contributed by atoms with Crippen LogP contribution in [0.4, 0.5) is 10.5 Å². The predicted octanol–water partition coefficient (Wildman–Crippen LogP) is 2.86. The molecule has 1 aromatic rings. The molecular formula is C19H24N4O2. The fraction of sp³-hybridized carbons (Fsp3) is 0.526. The Morgan fingerprint density at radius 2 is 1.96 bits per heavy atom. The van der Waals surface area contributed by atoms with E-state index in [2.05, 4.69) is 16.7 Å². The summed E-state index contributed by atoms with van der Waals surface area (Å²) in [5, 5.41) is 14.9. The highest BCUT2D eigenvalue weighted by molar-refractivity contribution is 5.93. The molecule has 1 aliphatic carbocycles. The minimum atomic E-state index is -0.214. The number of carbonyl (C=O) groups excluding carboxylic acids is 2. The van der Waals surface area contributed by atoms with E-state index in [0.717, 1.165) is 25.7 Å². The second-order valence-electron chi connectivity index (χ2n) is 6.90. The number of nitrogens with zero attached hydrogens (tertiary/aromatic N) is 2. The van der Waals surface area contributed by atoms with E-state index < -0.39 is 0 Å². The Balaban J connectivity index is 1.55. The summed E-state index contributed by atoms with van der Waals surface area (Å²) in [5.74, 6) is -0.303. The predicted molar refractivity (Wildman–Crippen MR) is 94.9 cm³/mol. The molecule has 1 aromatic carbocycles. The third-order valence-corrected chi connectivity index (χ3v) is 5.02. The molecule has 2 aliphatic rings. The molecule has 2 N–H and O–H groups in total. The van der Waals surface area contributed by atoms with Crippen LogP contribution in [0.15, 0.2) is 24.3 Å². The zero-order valence-electron chi connectivity index (χ0n) is 14.3. The van der Waals surface area contributed by atoms with Gasteiger partial charge in [0.25, 0.3) is 0 Å². The van der Waals surface area contributed by atoms with Crippen LogP contribution in [-0.2, 0) is 4.79 Å². The van der Waals surface area contributed by atoms with Gasteiger partial charge in [-0.15, -0.1) is 0 Å². The molecule has 3 rings (SSSR count). The summed E-state index contributed by atoms with van der Waals surface area (Å²) < 4.78 is 0. The standard InChI is InChI=1S/C19H24N4O2/c20-12-14-5-3-9-17(11-14)21-18(24)15-6-4-10-23(13-15)19(25)22-16-7-1-2-8-16/h3,5,9,11,15-16H,1-2,4,6-8,10,13H2,(H,21,24)(H,22,25)/t15-/m0/s1. The highest BCUT2D eigenvalue weighted by Gasteiger charge is 2.29. The van der Waals surface area contributed by atoms with E-state index in [4.69, 9.17) is 5.26 Å². The summed E-state index contributed by atoms with van der Waals surface area (Å²) in [6, 6.07) is 9.18. The van der Waals surface area contributed by atoms with Crippen molar-refractivity contribution in [2.75, 3.05) is 18.4 Å². The Kier molecular flexibility index (Phi) is 5.54. The van der Waals surface area contributed by atoms with Crippen LogP contribution in [0, 0.1) is 17.2 Å². The van der Waals surface area contributed by atoms with Crippen molar-refractivity contribution >= 4 is 17.6 Å². The number of nitrogens with one attached hydrogen (secondary N) is 2. The Bertz CT molecular complexity index is 676.